The predicted molar refractivity (Wildman–Crippen MR) is 136 cm³/mol. The molecule has 1 amide bonds. The number of aromatic hydroxyl groups is 2. The van der Waals surface area contributed by atoms with Gasteiger partial charge in [-0.2, -0.15) is 5.10 Å². The molecule has 0 spiro atoms. The molecule has 0 radical (unpaired) electrons. The second kappa shape index (κ2) is 11.3. The number of carbonyl (C=O) groups excluding carboxylic acids is 1. The SMILES string of the molecule is COc1ccc(-c2nnc(SCC(=O)NN=Cc3ccc(O)c(O)c3)n2-c2ccc(OC)cc2)cc1. The first-order valence-corrected chi connectivity index (χ1v) is 11.7. The van der Waals surface area contributed by atoms with Gasteiger partial charge < -0.3 is 19.7 Å². The molecule has 4 aromatic rings. The first-order chi connectivity index (χ1) is 17.5. The first-order valence-electron chi connectivity index (χ1n) is 10.7. The number of benzene rings is 3. The fourth-order valence-corrected chi connectivity index (χ4v) is 3.96. The second-order valence-electron chi connectivity index (χ2n) is 7.40. The average molecular weight is 506 g/mol. The third-order valence-corrected chi connectivity index (χ3v) is 5.98. The van der Waals surface area contributed by atoms with E-state index in [9.17, 15) is 15.0 Å². The molecule has 11 heteroatoms. The molecule has 0 saturated heterocycles. The van der Waals surface area contributed by atoms with Crippen LogP contribution >= 0.6 is 11.8 Å². The molecule has 36 heavy (non-hydrogen) atoms. The number of phenolic OH excluding ortho intramolecular Hbond substituents is 2. The number of amides is 1. The maximum atomic E-state index is 12.4. The van der Waals surface area contributed by atoms with Gasteiger partial charge in [0.2, 0.25) is 0 Å². The molecule has 0 aliphatic rings. The predicted octanol–water partition coefficient (Wildman–Crippen LogP) is 3.61. The van der Waals surface area contributed by atoms with Crippen molar-refractivity contribution in [1.29, 1.82) is 0 Å². The van der Waals surface area contributed by atoms with E-state index < -0.39 is 0 Å². The molecular formula is C25H23N5O5S. The molecule has 0 atom stereocenters. The van der Waals surface area contributed by atoms with Gasteiger partial charge in [0.05, 0.1) is 26.2 Å². The number of hydrogen-bond acceptors (Lipinski definition) is 9. The zero-order valence-electron chi connectivity index (χ0n) is 19.5. The Morgan fingerprint density at radius 3 is 2.28 bits per heavy atom. The van der Waals surface area contributed by atoms with Crippen molar-refractivity contribution >= 4 is 23.9 Å². The monoisotopic (exact) mass is 505 g/mol. The van der Waals surface area contributed by atoms with Crippen LogP contribution in [0.5, 0.6) is 23.0 Å². The summed E-state index contributed by atoms with van der Waals surface area (Å²) in [5.74, 6) is 1.23. The summed E-state index contributed by atoms with van der Waals surface area (Å²) in [4.78, 5) is 12.4. The molecule has 0 fully saturated rings. The molecule has 0 bridgehead atoms. The zero-order chi connectivity index (χ0) is 25.5. The Hall–Kier alpha value is -4.51. The largest absolute Gasteiger partial charge is 0.504 e. The summed E-state index contributed by atoms with van der Waals surface area (Å²) in [6.07, 6.45) is 1.36. The highest BCUT2D eigenvalue weighted by atomic mass is 32.2. The number of nitrogens with one attached hydrogen (secondary N) is 1. The van der Waals surface area contributed by atoms with Gasteiger partial charge in [-0.05, 0) is 72.3 Å². The molecule has 0 aliphatic carbocycles. The van der Waals surface area contributed by atoms with Gasteiger partial charge in [-0.15, -0.1) is 10.2 Å². The molecule has 0 unspecified atom stereocenters. The standard InChI is InChI=1S/C25H23N5O5S/c1-34-19-8-4-17(5-9-19)24-28-29-25(30(24)18-6-10-20(35-2)11-7-18)36-15-23(33)27-26-14-16-3-12-21(31)22(32)13-16/h3-14,31-32H,15H2,1-2H3,(H,27,33). The summed E-state index contributed by atoms with van der Waals surface area (Å²) in [5.41, 5.74) is 4.59. The Labute approximate surface area is 211 Å². The zero-order valence-corrected chi connectivity index (χ0v) is 20.3. The van der Waals surface area contributed by atoms with Crippen molar-refractivity contribution in [3.8, 4) is 40.1 Å². The Morgan fingerprint density at radius 1 is 0.972 bits per heavy atom. The number of phenols is 2. The summed E-state index contributed by atoms with van der Waals surface area (Å²) in [6, 6.07) is 19.1. The van der Waals surface area contributed by atoms with E-state index in [1.54, 1.807) is 20.3 Å². The van der Waals surface area contributed by atoms with Gasteiger partial charge in [0.15, 0.2) is 22.5 Å². The van der Waals surface area contributed by atoms with Gasteiger partial charge >= 0.3 is 0 Å². The van der Waals surface area contributed by atoms with Crippen LogP contribution in [-0.2, 0) is 4.79 Å². The minimum Gasteiger partial charge on any atom is -0.504 e. The number of methoxy groups -OCH3 is 2. The molecule has 1 heterocycles. The van der Waals surface area contributed by atoms with E-state index in [1.165, 1.54) is 30.1 Å². The van der Waals surface area contributed by atoms with Crippen molar-refractivity contribution in [2.24, 2.45) is 5.10 Å². The lowest BCUT2D eigenvalue weighted by molar-refractivity contribution is -0.118. The van der Waals surface area contributed by atoms with Gasteiger partial charge in [-0.3, -0.25) is 9.36 Å². The number of aromatic nitrogens is 3. The minimum atomic E-state index is -0.352. The van der Waals surface area contributed by atoms with Crippen molar-refractivity contribution in [3.63, 3.8) is 0 Å². The molecular weight excluding hydrogens is 482 g/mol. The molecule has 4 rings (SSSR count). The Balaban J connectivity index is 1.52. The van der Waals surface area contributed by atoms with E-state index in [2.05, 4.69) is 20.7 Å². The van der Waals surface area contributed by atoms with Gasteiger partial charge in [0.1, 0.15) is 11.5 Å². The van der Waals surface area contributed by atoms with Crippen LogP contribution in [0.3, 0.4) is 0 Å². The van der Waals surface area contributed by atoms with Crippen LogP contribution in [0.15, 0.2) is 77.0 Å². The van der Waals surface area contributed by atoms with E-state index in [0.29, 0.717) is 22.3 Å². The third kappa shape index (κ3) is 5.76. The molecule has 0 aliphatic heterocycles. The van der Waals surface area contributed by atoms with Crippen LogP contribution in [0.1, 0.15) is 5.56 Å². The topological polar surface area (TPSA) is 131 Å². The van der Waals surface area contributed by atoms with Crippen molar-refractivity contribution in [2.45, 2.75) is 5.16 Å². The molecule has 184 valence electrons. The third-order valence-electron chi connectivity index (χ3n) is 5.05. The van der Waals surface area contributed by atoms with Gasteiger partial charge in [-0.25, -0.2) is 5.43 Å². The van der Waals surface area contributed by atoms with Crippen molar-refractivity contribution in [3.05, 3.63) is 72.3 Å². The Morgan fingerprint density at radius 2 is 1.64 bits per heavy atom. The van der Waals surface area contributed by atoms with Crippen LogP contribution in [0.25, 0.3) is 17.1 Å². The van der Waals surface area contributed by atoms with Gasteiger partial charge in [-0.1, -0.05) is 11.8 Å². The number of nitrogens with zero attached hydrogens (tertiary/aromatic N) is 4. The number of rotatable bonds is 9. The number of hydrogen-bond donors (Lipinski definition) is 3. The van der Waals surface area contributed by atoms with Crippen LogP contribution in [0, 0.1) is 0 Å². The van der Waals surface area contributed by atoms with Gasteiger partial charge in [0, 0.05) is 11.3 Å². The van der Waals surface area contributed by atoms with Crippen molar-refractivity contribution < 1.29 is 24.5 Å². The molecule has 1 aromatic heterocycles. The van der Waals surface area contributed by atoms with Crippen LogP contribution in [-0.4, -0.2) is 57.1 Å². The Bertz CT molecular complexity index is 1370. The van der Waals surface area contributed by atoms with E-state index in [1.807, 2.05) is 53.1 Å². The number of ether oxygens (including phenoxy) is 2. The number of hydrazone groups is 1. The average Bonchev–Trinajstić information content (AvgIpc) is 3.33. The normalized spacial score (nSPS) is 10.9. The number of thioether (sulfide) groups is 1. The fraction of sp³-hybridized carbons (Fsp3) is 0.120. The van der Waals surface area contributed by atoms with E-state index in [-0.39, 0.29) is 23.2 Å². The maximum Gasteiger partial charge on any atom is 0.250 e. The van der Waals surface area contributed by atoms with Gasteiger partial charge in [0.25, 0.3) is 5.91 Å². The van der Waals surface area contributed by atoms with Crippen molar-refractivity contribution in [2.75, 3.05) is 20.0 Å². The number of carbonyl (C=O) groups is 1. The quantitative estimate of drug-likeness (QED) is 0.136. The lowest BCUT2D eigenvalue weighted by Gasteiger charge is -2.11. The summed E-state index contributed by atoms with van der Waals surface area (Å²) >= 11 is 1.21. The van der Waals surface area contributed by atoms with E-state index >= 15 is 0 Å². The first kappa shape index (κ1) is 24.6. The fourth-order valence-electron chi connectivity index (χ4n) is 3.22. The van der Waals surface area contributed by atoms with E-state index in [0.717, 1.165) is 17.0 Å². The minimum absolute atomic E-state index is 0.0368. The summed E-state index contributed by atoms with van der Waals surface area (Å²) in [7, 11) is 3.20. The lowest BCUT2D eigenvalue weighted by Crippen LogP contribution is -2.20. The maximum absolute atomic E-state index is 12.4. The smallest absolute Gasteiger partial charge is 0.250 e. The molecule has 10 nitrogen and oxygen atoms in total. The highest BCUT2D eigenvalue weighted by molar-refractivity contribution is 7.99. The molecule has 3 N–H and O–H groups in total. The Kier molecular flexibility index (Phi) is 7.71. The van der Waals surface area contributed by atoms with Crippen LogP contribution < -0.4 is 14.9 Å². The molecule has 3 aromatic carbocycles. The highest BCUT2D eigenvalue weighted by Gasteiger charge is 2.17. The van der Waals surface area contributed by atoms with Crippen molar-refractivity contribution in [1.82, 2.24) is 20.2 Å². The lowest BCUT2D eigenvalue weighted by atomic mass is 10.2. The highest BCUT2D eigenvalue weighted by Crippen LogP contribution is 2.30. The van der Waals surface area contributed by atoms with Crippen LogP contribution in [0.2, 0.25) is 0 Å². The summed E-state index contributed by atoms with van der Waals surface area (Å²) < 4.78 is 12.4. The summed E-state index contributed by atoms with van der Waals surface area (Å²) in [6.45, 7) is 0. The molecule has 0 saturated carbocycles. The summed E-state index contributed by atoms with van der Waals surface area (Å²) in [5, 5.41) is 32.0. The second-order valence-corrected chi connectivity index (χ2v) is 8.34. The van der Waals surface area contributed by atoms with E-state index in [4.69, 9.17) is 9.47 Å². The van der Waals surface area contributed by atoms with Crippen LogP contribution in [0.4, 0.5) is 0 Å².